The van der Waals surface area contributed by atoms with Gasteiger partial charge in [-0.25, -0.2) is 0 Å². The van der Waals surface area contributed by atoms with Gasteiger partial charge in [-0.1, -0.05) is 0 Å². The predicted molar refractivity (Wildman–Crippen MR) is 58.7 cm³/mol. The van der Waals surface area contributed by atoms with E-state index in [1.807, 2.05) is 12.1 Å². The molecule has 4 atom stereocenters. The van der Waals surface area contributed by atoms with E-state index in [1.54, 1.807) is 6.26 Å². The summed E-state index contributed by atoms with van der Waals surface area (Å²) < 4.78 is 5.25. The first kappa shape index (κ1) is 9.03. The van der Waals surface area contributed by atoms with Gasteiger partial charge in [0.05, 0.1) is 12.7 Å². The first-order chi connectivity index (χ1) is 7.84. The van der Waals surface area contributed by atoms with Crippen molar-refractivity contribution in [2.24, 2.45) is 29.6 Å². The summed E-state index contributed by atoms with van der Waals surface area (Å²) >= 11 is 0. The minimum absolute atomic E-state index is 0.399. The largest absolute Gasteiger partial charge is 0.469 e. The number of carbonyl (C=O) groups is 1. The Bertz CT molecular complexity index is 404. The predicted octanol–water partition coefficient (Wildman–Crippen LogP) is 2.68. The SMILES string of the molecule is O=C(Cc1ccco1)C1C2C3CCC(C3)C12. The van der Waals surface area contributed by atoms with Gasteiger partial charge in [0, 0.05) is 5.92 Å². The monoisotopic (exact) mass is 216 g/mol. The van der Waals surface area contributed by atoms with Gasteiger partial charge in [-0.3, -0.25) is 4.79 Å². The molecule has 4 unspecified atom stereocenters. The van der Waals surface area contributed by atoms with Crippen molar-refractivity contribution in [3.8, 4) is 0 Å². The van der Waals surface area contributed by atoms with E-state index in [0.29, 0.717) is 18.1 Å². The summed E-state index contributed by atoms with van der Waals surface area (Å²) in [4.78, 5) is 12.1. The standard InChI is InChI=1S/C14H16O2/c15-11(7-10-2-1-5-16-10)14-12-8-3-4-9(6-8)13(12)14/h1-2,5,8-9,12-14H,3-4,6-7H2. The van der Waals surface area contributed by atoms with Gasteiger partial charge >= 0.3 is 0 Å². The van der Waals surface area contributed by atoms with E-state index in [9.17, 15) is 4.79 Å². The normalized spacial score (nSPS) is 43.4. The van der Waals surface area contributed by atoms with Crippen molar-refractivity contribution < 1.29 is 9.21 Å². The molecular formula is C14H16O2. The molecule has 0 amide bonds. The van der Waals surface area contributed by atoms with Crippen LogP contribution in [0.5, 0.6) is 0 Å². The van der Waals surface area contributed by atoms with Crippen LogP contribution in [-0.2, 0) is 11.2 Å². The lowest BCUT2D eigenvalue weighted by Gasteiger charge is -2.06. The van der Waals surface area contributed by atoms with Crippen LogP contribution in [0.2, 0.25) is 0 Å². The molecule has 0 saturated heterocycles. The number of hydrogen-bond acceptors (Lipinski definition) is 2. The molecule has 84 valence electrons. The summed E-state index contributed by atoms with van der Waals surface area (Å²) in [6.07, 6.45) is 6.36. The summed E-state index contributed by atoms with van der Waals surface area (Å²) in [5, 5.41) is 0. The lowest BCUT2D eigenvalue weighted by atomic mass is 9.98. The Morgan fingerprint density at radius 3 is 2.69 bits per heavy atom. The molecule has 1 heterocycles. The summed E-state index contributed by atoms with van der Waals surface area (Å²) in [6, 6.07) is 3.77. The molecule has 3 aliphatic carbocycles. The number of rotatable bonds is 3. The third-order valence-corrected chi connectivity index (χ3v) is 5.04. The molecule has 4 rings (SSSR count). The number of hydrogen-bond donors (Lipinski definition) is 0. The summed E-state index contributed by atoms with van der Waals surface area (Å²) in [5.74, 6) is 4.98. The van der Waals surface area contributed by atoms with Crippen LogP contribution in [0.4, 0.5) is 0 Å². The fraction of sp³-hybridized carbons (Fsp3) is 0.643. The van der Waals surface area contributed by atoms with Gasteiger partial charge in [0.15, 0.2) is 0 Å². The smallest absolute Gasteiger partial charge is 0.144 e. The highest BCUT2D eigenvalue weighted by atomic mass is 16.3. The second kappa shape index (κ2) is 2.99. The quantitative estimate of drug-likeness (QED) is 0.777. The van der Waals surface area contributed by atoms with E-state index >= 15 is 0 Å². The van der Waals surface area contributed by atoms with Gasteiger partial charge in [-0.05, 0) is 55.1 Å². The van der Waals surface area contributed by atoms with Crippen molar-refractivity contribution in [3.05, 3.63) is 24.2 Å². The third-order valence-electron chi connectivity index (χ3n) is 5.04. The van der Waals surface area contributed by atoms with Crippen LogP contribution >= 0.6 is 0 Å². The van der Waals surface area contributed by atoms with Crippen LogP contribution in [0.25, 0.3) is 0 Å². The highest BCUT2D eigenvalue weighted by molar-refractivity contribution is 5.86. The van der Waals surface area contributed by atoms with Crippen molar-refractivity contribution in [1.82, 2.24) is 0 Å². The van der Waals surface area contributed by atoms with Crippen LogP contribution < -0.4 is 0 Å². The number of ketones is 1. The topological polar surface area (TPSA) is 30.2 Å². The Hall–Kier alpha value is -1.05. The van der Waals surface area contributed by atoms with E-state index < -0.39 is 0 Å². The van der Waals surface area contributed by atoms with Gasteiger partial charge in [-0.15, -0.1) is 0 Å². The molecule has 0 radical (unpaired) electrons. The summed E-state index contributed by atoms with van der Waals surface area (Å²) in [7, 11) is 0. The van der Waals surface area contributed by atoms with E-state index in [1.165, 1.54) is 19.3 Å². The molecule has 0 spiro atoms. The maximum absolute atomic E-state index is 12.1. The molecule has 3 aliphatic rings. The van der Waals surface area contributed by atoms with Crippen LogP contribution in [0.15, 0.2) is 22.8 Å². The number of Topliss-reactive ketones (excluding diaryl/α,β-unsaturated/α-hetero) is 1. The molecule has 0 aliphatic heterocycles. The Balaban J connectivity index is 1.47. The minimum atomic E-state index is 0.399. The molecule has 16 heavy (non-hydrogen) atoms. The molecule has 3 saturated carbocycles. The van der Waals surface area contributed by atoms with Crippen LogP contribution in [-0.4, -0.2) is 5.78 Å². The van der Waals surface area contributed by atoms with Crippen molar-refractivity contribution in [1.29, 1.82) is 0 Å². The molecule has 2 bridgehead atoms. The average molecular weight is 216 g/mol. The van der Waals surface area contributed by atoms with Crippen molar-refractivity contribution in [2.75, 3.05) is 0 Å². The molecule has 3 fully saturated rings. The zero-order valence-corrected chi connectivity index (χ0v) is 9.26. The van der Waals surface area contributed by atoms with E-state index in [2.05, 4.69) is 0 Å². The molecule has 1 aromatic rings. The zero-order valence-electron chi connectivity index (χ0n) is 9.26. The number of fused-ring (bicyclic) bond motifs is 5. The highest BCUT2D eigenvalue weighted by Crippen LogP contribution is 2.69. The first-order valence-electron chi connectivity index (χ1n) is 6.39. The molecular weight excluding hydrogens is 200 g/mol. The molecule has 0 N–H and O–H groups in total. The maximum Gasteiger partial charge on any atom is 0.144 e. The van der Waals surface area contributed by atoms with Crippen molar-refractivity contribution in [2.45, 2.75) is 25.7 Å². The summed E-state index contributed by atoms with van der Waals surface area (Å²) in [5.41, 5.74) is 0. The number of furan rings is 1. The summed E-state index contributed by atoms with van der Waals surface area (Å²) in [6.45, 7) is 0. The molecule has 2 heteroatoms. The van der Waals surface area contributed by atoms with Gasteiger partial charge in [0.1, 0.15) is 11.5 Å². The minimum Gasteiger partial charge on any atom is -0.469 e. The fourth-order valence-electron chi connectivity index (χ4n) is 4.46. The Labute approximate surface area is 95.0 Å². The van der Waals surface area contributed by atoms with Crippen molar-refractivity contribution in [3.63, 3.8) is 0 Å². The van der Waals surface area contributed by atoms with E-state index in [4.69, 9.17) is 4.42 Å². The maximum atomic E-state index is 12.1. The van der Waals surface area contributed by atoms with Crippen molar-refractivity contribution >= 4 is 5.78 Å². The van der Waals surface area contributed by atoms with Crippen LogP contribution in [0.1, 0.15) is 25.0 Å². The van der Waals surface area contributed by atoms with Gasteiger partial charge in [0.25, 0.3) is 0 Å². The molecule has 0 aromatic carbocycles. The van der Waals surface area contributed by atoms with Gasteiger partial charge in [-0.2, -0.15) is 0 Å². The lowest BCUT2D eigenvalue weighted by molar-refractivity contribution is -0.120. The second-order valence-electron chi connectivity index (χ2n) is 5.74. The fourth-order valence-corrected chi connectivity index (χ4v) is 4.46. The van der Waals surface area contributed by atoms with Crippen LogP contribution in [0, 0.1) is 29.6 Å². The first-order valence-corrected chi connectivity index (χ1v) is 6.39. The van der Waals surface area contributed by atoms with E-state index in [-0.39, 0.29) is 0 Å². The van der Waals surface area contributed by atoms with E-state index in [0.717, 1.165) is 29.4 Å². The third kappa shape index (κ3) is 1.10. The number of carbonyl (C=O) groups excluding carboxylic acids is 1. The Morgan fingerprint density at radius 2 is 2.06 bits per heavy atom. The lowest BCUT2D eigenvalue weighted by Crippen LogP contribution is -2.11. The molecule has 1 aromatic heterocycles. The average Bonchev–Trinajstić information content (AvgIpc) is 2.73. The Morgan fingerprint density at radius 1 is 1.31 bits per heavy atom. The zero-order chi connectivity index (χ0) is 10.7. The second-order valence-corrected chi connectivity index (χ2v) is 5.74. The van der Waals surface area contributed by atoms with Gasteiger partial charge < -0.3 is 4.42 Å². The Kier molecular flexibility index (Phi) is 1.69. The highest BCUT2D eigenvalue weighted by Gasteiger charge is 2.66. The molecule has 2 nitrogen and oxygen atoms in total. The van der Waals surface area contributed by atoms with Gasteiger partial charge in [0.2, 0.25) is 0 Å². The van der Waals surface area contributed by atoms with Crippen LogP contribution in [0.3, 0.4) is 0 Å².